The molecular formula is C12H10N3+. The second-order valence-electron chi connectivity index (χ2n) is 3.42. The van der Waals surface area contributed by atoms with Gasteiger partial charge < -0.3 is 0 Å². The zero-order chi connectivity index (χ0) is 10.1. The number of benzene rings is 1. The van der Waals surface area contributed by atoms with E-state index in [-0.39, 0.29) is 6.29 Å². The lowest BCUT2D eigenvalue weighted by molar-refractivity contribution is -0.720. The molecule has 72 valence electrons. The van der Waals surface area contributed by atoms with Crippen LogP contribution >= 0.6 is 0 Å². The van der Waals surface area contributed by atoms with Crippen molar-refractivity contribution in [2.45, 2.75) is 6.29 Å². The van der Waals surface area contributed by atoms with E-state index < -0.39 is 0 Å². The van der Waals surface area contributed by atoms with Crippen molar-refractivity contribution in [2.75, 3.05) is 0 Å². The van der Waals surface area contributed by atoms with E-state index in [1.165, 1.54) is 0 Å². The van der Waals surface area contributed by atoms with Gasteiger partial charge >= 0.3 is 6.29 Å². The Hall–Kier alpha value is -2.03. The number of para-hydroxylation sites is 2. The fourth-order valence-corrected chi connectivity index (χ4v) is 1.66. The molecule has 0 aliphatic carbocycles. The van der Waals surface area contributed by atoms with Crippen molar-refractivity contribution in [1.82, 2.24) is 0 Å². The highest BCUT2D eigenvalue weighted by Crippen LogP contribution is 2.00. The van der Waals surface area contributed by atoms with E-state index in [1.54, 1.807) is 0 Å². The Labute approximate surface area is 87.1 Å². The number of nitrogens with zero attached hydrogens (tertiary/aromatic N) is 3. The molecule has 0 fully saturated rings. The molecule has 0 amide bonds. The molecule has 0 saturated carbocycles. The molecule has 0 bridgehead atoms. The van der Waals surface area contributed by atoms with Crippen molar-refractivity contribution in [3.05, 3.63) is 65.6 Å². The summed E-state index contributed by atoms with van der Waals surface area (Å²) in [5, 5.41) is 1.94. The summed E-state index contributed by atoms with van der Waals surface area (Å²) >= 11 is 0. The van der Waals surface area contributed by atoms with E-state index >= 15 is 0 Å². The van der Waals surface area contributed by atoms with Crippen LogP contribution in [0.5, 0.6) is 0 Å². The summed E-state index contributed by atoms with van der Waals surface area (Å²) in [4.78, 5) is 9.04. The molecule has 1 aromatic heterocycles. The minimum absolute atomic E-state index is 0.136. The van der Waals surface area contributed by atoms with Gasteiger partial charge in [-0.2, -0.15) is 14.6 Å². The minimum Gasteiger partial charge on any atom is -0.193 e. The van der Waals surface area contributed by atoms with Crippen LogP contribution in [0.25, 0.3) is 0 Å². The topological polar surface area (TPSA) is 28.6 Å². The molecule has 2 aromatic rings. The van der Waals surface area contributed by atoms with Crippen LogP contribution in [-0.4, -0.2) is 0 Å². The van der Waals surface area contributed by atoms with Gasteiger partial charge in [-0.05, 0) is 12.1 Å². The number of hydrogen-bond acceptors (Lipinski definition) is 2. The highest BCUT2D eigenvalue weighted by molar-refractivity contribution is 5.02. The first-order valence-electron chi connectivity index (χ1n) is 4.90. The zero-order valence-corrected chi connectivity index (χ0v) is 8.12. The van der Waals surface area contributed by atoms with Crippen LogP contribution in [0.3, 0.4) is 0 Å². The van der Waals surface area contributed by atoms with Gasteiger partial charge in [0.25, 0.3) is 0 Å². The van der Waals surface area contributed by atoms with E-state index in [0.29, 0.717) is 0 Å². The highest BCUT2D eigenvalue weighted by Gasteiger charge is 2.17. The first-order valence-corrected chi connectivity index (χ1v) is 4.90. The van der Waals surface area contributed by atoms with Crippen LogP contribution in [-0.2, 0) is 0 Å². The van der Waals surface area contributed by atoms with Crippen LogP contribution in [0.4, 0.5) is 0 Å². The largest absolute Gasteiger partial charge is 0.352 e. The van der Waals surface area contributed by atoms with E-state index in [1.807, 2.05) is 59.4 Å². The molecular weight excluding hydrogens is 186 g/mol. The van der Waals surface area contributed by atoms with E-state index in [4.69, 9.17) is 0 Å². The molecule has 1 aromatic carbocycles. The standard InChI is InChI=1S/C12H10N3/c1-4-8-15(9-5-1)12-13-10-6-2-3-7-11(10)14-12/h1-9,12H/q+1. The fourth-order valence-electron chi connectivity index (χ4n) is 1.66. The number of aromatic nitrogens is 1. The lowest BCUT2D eigenvalue weighted by Crippen LogP contribution is -2.35. The Kier molecular flexibility index (Phi) is 1.81. The maximum atomic E-state index is 4.52. The molecule has 3 heteroatoms. The number of pyridine rings is 1. The van der Waals surface area contributed by atoms with Crippen molar-refractivity contribution in [1.29, 1.82) is 0 Å². The molecule has 0 atom stereocenters. The number of rotatable bonds is 1. The van der Waals surface area contributed by atoms with Gasteiger partial charge in [0, 0.05) is 12.1 Å². The Morgan fingerprint density at radius 3 is 2.00 bits per heavy atom. The summed E-state index contributed by atoms with van der Waals surface area (Å²) in [6.45, 7) is 0. The predicted molar refractivity (Wildman–Crippen MR) is 54.4 cm³/mol. The summed E-state index contributed by atoms with van der Waals surface area (Å²) in [5.74, 6) is 0. The third kappa shape index (κ3) is 1.42. The van der Waals surface area contributed by atoms with Gasteiger partial charge in [0.15, 0.2) is 12.4 Å². The van der Waals surface area contributed by atoms with Crippen molar-refractivity contribution in [3.8, 4) is 0 Å². The average Bonchev–Trinajstić information content (AvgIpc) is 2.74. The van der Waals surface area contributed by atoms with Crippen LogP contribution in [0, 0.1) is 0 Å². The molecule has 0 unspecified atom stereocenters. The molecule has 1 aliphatic rings. The fraction of sp³-hybridized carbons (Fsp3) is 0.0833. The first-order chi connectivity index (χ1) is 7.43. The van der Waals surface area contributed by atoms with Crippen LogP contribution in [0.15, 0.2) is 64.8 Å². The third-order valence-corrected chi connectivity index (χ3v) is 2.40. The Balaban J connectivity index is 2.12. The van der Waals surface area contributed by atoms with Gasteiger partial charge in [0.2, 0.25) is 0 Å². The predicted octanol–water partition coefficient (Wildman–Crippen LogP) is 0.383. The Morgan fingerprint density at radius 2 is 1.40 bits per heavy atom. The molecule has 0 radical (unpaired) electrons. The van der Waals surface area contributed by atoms with Gasteiger partial charge in [-0.25, -0.2) is 0 Å². The maximum absolute atomic E-state index is 4.52. The second-order valence-corrected chi connectivity index (χ2v) is 3.42. The molecule has 3 nitrogen and oxygen atoms in total. The minimum atomic E-state index is -0.136. The van der Waals surface area contributed by atoms with Crippen LogP contribution in [0.2, 0.25) is 0 Å². The molecule has 2 heterocycles. The zero-order valence-electron chi connectivity index (χ0n) is 8.12. The van der Waals surface area contributed by atoms with Gasteiger partial charge in [-0.3, -0.25) is 0 Å². The number of hydrogen-bond donors (Lipinski definition) is 0. The molecule has 15 heavy (non-hydrogen) atoms. The summed E-state index contributed by atoms with van der Waals surface area (Å²) in [7, 11) is 0. The summed E-state index contributed by atoms with van der Waals surface area (Å²) < 4.78 is 1.99. The van der Waals surface area contributed by atoms with Crippen molar-refractivity contribution in [3.63, 3.8) is 0 Å². The average molecular weight is 196 g/mol. The Morgan fingerprint density at radius 1 is 0.800 bits per heavy atom. The van der Waals surface area contributed by atoms with Gasteiger partial charge in [-0.15, -0.1) is 0 Å². The Bertz CT molecular complexity index is 555. The normalized spacial score (nSPS) is 14.1. The lowest BCUT2D eigenvalue weighted by atomic mass is 10.3. The third-order valence-electron chi connectivity index (χ3n) is 2.40. The summed E-state index contributed by atoms with van der Waals surface area (Å²) in [6, 6.07) is 13.9. The quantitative estimate of drug-likeness (QED) is 0.590. The van der Waals surface area contributed by atoms with Crippen molar-refractivity contribution >= 4 is 0 Å². The molecule has 1 aliphatic heterocycles. The maximum Gasteiger partial charge on any atom is 0.352 e. The SMILES string of the molecule is c1cc[n+](C2N=c3ccccc3=N2)cc1. The van der Waals surface area contributed by atoms with E-state index in [0.717, 1.165) is 10.7 Å². The van der Waals surface area contributed by atoms with Crippen LogP contribution < -0.4 is 15.3 Å². The van der Waals surface area contributed by atoms with Crippen molar-refractivity contribution < 1.29 is 4.57 Å². The number of fused-ring (bicyclic) bond motifs is 1. The summed E-state index contributed by atoms with van der Waals surface area (Å²) in [5.41, 5.74) is 0. The second kappa shape index (κ2) is 3.28. The van der Waals surface area contributed by atoms with Gasteiger partial charge in [0.1, 0.15) is 0 Å². The van der Waals surface area contributed by atoms with Crippen LogP contribution in [0.1, 0.15) is 6.29 Å². The molecule has 3 rings (SSSR count). The van der Waals surface area contributed by atoms with E-state index in [9.17, 15) is 0 Å². The monoisotopic (exact) mass is 196 g/mol. The van der Waals surface area contributed by atoms with Gasteiger partial charge in [-0.1, -0.05) is 18.2 Å². The summed E-state index contributed by atoms with van der Waals surface area (Å²) in [6.07, 6.45) is 3.82. The van der Waals surface area contributed by atoms with Gasteiger partial charge in [0.05, 0.1) is 10.7 Å². The molecule has 0 spiro atoms. The molecule has 0 saturated heterocycles. The molecule has 0 N–H and O–H groups in total. The lowest BCUT2D eigenvalue weighted by Gasteiger charge is -1.96. The van der Waals surface area contributed by atoms with E-state index in [2.05, 4.69) is 9.98 Å². The van der Waals surface area contributed by atoms with Crippen molar-refractivity contribution in [2.24, 2.45) is 9.98 Å². The highest BCUT2D eigenvalue weighted by atomic mass is 15.3. The first kappa shape index (κ1) is 8.29. The smallest absolute Gasteiger partial charge is 0.193 e.